The predicted molar refractivity (Wildman–Crippen MR) is 81.3 cm³/mol. The lowest BCUT2D eigenvalue weighted by Crippen LogP contribution is -2.48. The molecule has 2 aliphatic rings. The number of hydrogen-bond acceptors (Lipinski definition) is 3. The molecule has 0 radical (unpaired) electrons. The second-order valence-electron chi connectivity index (χ2n) is 5.74. The van der Waals surface area contributed by atoms with Crippen LogP contribution in [-0.2, 0) is 27.2 Å². The molecule has 1 fully saturated rings. The largest absolute Gasteiger partial charge is 0.342 e. The fraction of sp³-hybridized carbons (Fsp3) is 0.438. The van der Waals surface area contributed by atoms with Gasteiger partial charge in [0.2, 0.25) is 18.2 Å². The minimum absolute atomic E-state index is 0.0457. The lowest BCUT2D eigenvalue weighted by molar-refractivity contribution is -0.134. The Balaban J connectivity index is 1.62. The Morgan fingerprint density at radius 2 is 1.95 bits per heavy atom. The molecule has 2 aliphatic heterocycles. The number of hydrogen-bond donors (Lipinski definition) is 1. The minimum atomic E-state index is 0.0457. The molecule has 6 heteroatoms. The van der Waals surface area contributed by atoms with Gasteiger partial charge >= 0.3 is 0 Å². The Bertz CT molecular complexity index is 607. The third-order valence-corrected chi connectivity index (χ3v) is 4.24. The van der Waals surface area contributed by atoms with Crippen molar-refractivity contribution < 1.29 is 14.4 Å². The van der Waals surface area contributed by atoms with Crippen LogP contribution in [0, 0.1) is 0 Å². The fourth-order valence-electron chi connectivity index (χ4n) is 2.91. The molecule has 2 heterocycles. The van der Waals surface area contributed by atoms with E-state index in [2.05, 4.69) is 5.32 Å². The van der Waals surface area contributed by atoms with E-state index in [1.54, 1.807) is 9.80 Å². The lowest BCUT2D eigenvalue weighted by atomic mass is 9.99. The molecule has 1 aromatic rings. The predicted octanol–water partition coefficient (Wildman–Crippen LogP) is 0.414. The van der Waals surface area contributed by atoms with Gasteiger partial charge in [-0.1, -0.05) is 12.1 Å². The van der Waals surface area contributed by atoms with Gasteiger partial charge in [-0.05, 0) is 23.6 Å². The van der Waals surface area contributed by atoms with Gasteiger partial charge in [-0.3, -0.25) is 14.4 Å². The smallest absolute Gasteiger partial charge is 0.227 e. The third-order valence-electron chi connectivity index (χ3n) is 4.24. The van der Waals surface area contributed by atoms with Crippen molar-refractivity contribution in [1.29, 1.82) is 0 Å². The molecule has 6 nitrogen and oxygen atoms in total. The van der Waals surface area contributed by atoms with Crippen LogP contribution in [0.5, 0.6) is 0 Å². The van der Waals surface area contributed by atoms with E-state index < -0.39 is 0 Å². The topological polar surface area (TPSA) is 69.7 Å². The normalized spacial score (nSPS) is 17.7. The van der Waals surface area contributed by atoms with Gasteiger partial charge < -0.3 is 15.1 Å². The van der Waals surface area contributed by atoms with Gasteiger partial charge in [-0.2, -0.15) is 0 Å². The molecule has 0 spiro atoms. The summed E-state index contributed by atoms with van der Waals surface area (Å²) in [6.45, 7) is 2.40. The number of benzene rings is 1. The van der Waals surface area contributed by atoms with Gasteiger partial charge in [0.15, 0.2) is 0 Å². The van der Waals surface area contributed by atoms with E-state index in [-0.39, 0.29) is 11.8 Å². The zero-order valence-electron chi connectivity index (χ0n) is 12.4. The van der Waals surface area contributed by atoms with Crippen molar-refractivity contribution in [3.63, 3.8) is 0 Å². The van der Waals surface area contributed by atoms with Gasteiger partial charge in [0.25, 0.3) is 0 Å². The zero-order chi connectivity index (χ0) is 15.5. The quantitative estimate of drug-likeness (QED) is 0.822. The van der Waals surface area contributed by atoms with E-state index in [4.69, 9.17) is 0 Å². The standard InChI is InChI=1S/C16H19N3O3/c20-11-18-5-7-19(8-6-18)16(22)10-12-1-3-14-13(9-12)2-4-15(21)17-14/h1,3,9,11H,2,4-8,10H2,(H,17,21). The first-order chi connectivity index (χ1) is 10.7. The van der Waals surface area contributed by atoms with E-state index in [9.17, 15) is 14.4 Å². The van der Waals surface area contributed by atoms with Crippen LogP contribution in [0.2, 0.25) is 0 Å². The molecule has 116 valence electrons. The van der Waals surface area contributed by atoms with Crippen molar-refractivity contribution in [3.05, 3.63) is 29.3 Å². The maximum absolute atomic E-state index is 12.3. The molecule has 22 heavy (non-hydrogen) atoms. The highest BCUT2D eigenvalue weighted by Gasteiger charge is 2.21. The summed E-state index contributed by atoms with van der Waals surface area (Å²) in [6.07, 6.45) is 2.42. The number of fused-ring (bicyclic) bond motifs is 1. The summed E-state index contributed by atoms with van der Waals surface area (Å²) in [5.41, 5.74) is 2.92. The van der Waals surface area contributed by atoms with Gasteiger partial charge in [-0.25, -0.2) is 0 Å². The Labute approximate surface area is 129 Å². The monoisotopic (exact) mass is 301 g/mol. The molecule has 1 N–H and O–H groups in total. The number of rotatable bonds is 3. The molecule has 0 saturated carbocycles. The molecule has 0 atom stereocenters. The number of amides is 3. The first-order valence-electron chi connectivity index (χ1n) is 7.54. The number of piperazine rings is 1. The highest BCUT2D eigenvalue weighted by molar-refractivity contribution is 5.94. The van der Waals surface area contributed by atoms with Crippen molar-refractivity contribution in [2.75, 3.05) is 31.5 Å². The summed E-state index contributed by atoms with van der Waals surface area (Å²) < 4.78 is 0. The summed E-state index contributed by atoms with van der Waals surface area (Å²) in [5, 5.41) is 2.84. The maximum atomic E-state index is 12.3. The molecule has 3 amide bonds. The lowest BCUT2D eigenvalue weighted by Gasteiger charge is -2.32. The maximum Gasteiger partial charge on any atom is 0.227 e. The summed E-state index contributed by atoms with van der Waals surface area (Å²) in [6, 6.07) is 5.78. The summed E-state index contributed by atoms with van der Waals surface area (Å²) >= 11 is 0. The fourth-order valence-corrected chi connectivity index (χ4v) is 2.91. The average Bonchev–Trinajstić information content (AvgIpc) is 2.55. The molecule has 1 aromatic carbocycles. The second-order valence-corrected chi connectivity index (χ2v) is 5.74. The van der Waals surface area contributed by atoms with E-state index >= 15 is 0 Å². The van der Waals surface area contributed by atoms with Crippen LogP contribution >= 0.6 is 0 Å². The number of nitrogens with zero attached hydrogens (tertiary/aromatic N) is 2. The van der Waals surface area contributed by atoms with Gasteiger partial charge in [0.1, 0.15) is 0 Å². The van der Waals surface area contributed by atoms with Crippen molar-refractivity contribution in [2.45, 2.75) is 19.3 Å². The summed E-state index contributed by atoms with van der Waals surface area (Å²) in [4.78, 5) is 37.8. The second kappa shape index (κ2) is 6.17. The molecule has 3 rings (SSSR count). The van der Waals surface area contributed by atoms with E-state index in [0.717, 1.165) is 29.6 Å². The van der Waals surface area contributed by atoms with Crippen molar-refractivity contribution in [2.24, 2.45) is 0 Å². The number of carbonyl (C=O) groups is 3. The SMILES string of the molecule is O=CN1CCN(C(=O)Cc2ccc3c(c2)CCC(=O)N3)CC1. The summed E-state index contributed by atoms with van der Waals surface area (Å²) in [7, 11) is 0. The Morgan fingerprint density at radius 1 is 1.18 bits per heavy atom. The van der Waals surface area contributed by atoms with Crippen LogP contribution in [-0.4, -0.2) is 54.2 Å². The van der Waals surface area contributed by atoms with Gasteiger partial charge in [-0.15, -0.1) is 0 Å². The first kappa shape index (κ1) is 14.6. The average molecular weight is 301 g/mol. The molecule has 0 aromatic heterocycles. The van der Waals surface area contributed by atoms with Crippen LogP contribution < -0.4 is 5.32 Å². The number of carbonyl (C=O) groups excluding carboxylic acids is 3. The van der Waals surface area contributed by atoms with Crippen molar-refractivity contribution >= 4 is 23.9 Å². The number of nitrogens with one attached hydrogen (secondary N) is 1. The van der Waals surface area contributed by atoms with Gasteiger partial charge in [0, 0.05) is 38.3 Å². The molecule has 0 bridgehead atoms. The Morgan fingerprint density at radius 3 is 2.68 bits per heavy atom. The molecule has 0 unspecified atom stereocenters. The highest BCUT2D eigenvalue weighted by atomic mass is 16.2. The van der Waals surface area contributed by atoms with E-state index in [1.807, 2.05) is 18.2 Å². The Kier molecular flexibility index (Phi) is 4.09. The number of aryl methyl sites for hydroxylation is 1. The van der Waals surface area contributed by atoms with Crippen LogP contribution in [0.25, 0.3) is 0 Å². The van der Waals surface area contributed by atoms with Gasteiger partial charge in [0.05, 0.1) is 6.42 Å². The number of anilines is 1. The van der Waals surface area contributed by atoms with Crippen LogP contribution in [0.3, 0.4) is 0 Å². The van der Waals surface area contributed by atoms with Crippen LogP contribution in [0.1, 0.15) is 17.5 Å². The minimum Gasteiger partial charge on any atom is -0.342 e. The first-order valence-corrected chi connectivity index (χ1v) is 7.54. The van der Waals surface area contributed by atoms with Crippen molar-refractivity contribution in [1.82, 2.24) is 9.80 Å². The highest BCUT2D eigenvalue weighted by Crippen LogP contribution is 2.24. The third kappa shape index (κ3) is 3.10. The molecular formula is C16H19N3O3. The van der Waals surface area contributed by atoms with Crippen LogP contribution in [0.4, 0.5) is 5.69 Å². The molecule has 0 aliphatic carbocycles. The zero-order valence-corrected chi connectivity index (χ0v) is 12.4. The van der Waals surface area contributed by atoms with E-state index in [0.29, 0.717) is 39.0 Å². The van der Waals surface area contributed by atoms with E-state index in [1.165, 1.54) is 0 Å². The Hall–Kier alpha value is -2.37. The van der Waals surface area contributed by atoms with Crippen LogP contribution in [0.15, 0.2) is 18.2 Å². The molecular weight excluding hydrogens is 282 g/mol. The molecule has 1 saturated heterocycles. The van der Waals surface area contributed by atoms with Crippen molar-refractivity contribution in [3.8, 4) is 0 Å². The summed E-state index contributed by atoms with van der Waals surface area (Å²) in [5.74, 6) is 0.134.